The first-order valence-corrected chi connectivity index (χ1v) is 6.98. The van der Waals surface area contributed by atoms with Crippen LogP contribution in [0.5, 0.6) is 0 Å². The monoisotopic (exact) mass is 289 g/mol. The lowest BCUT2D eigenvalue weighted by molar-refractivity contribution is -0.127. The maximum absolute atomic E-state index is 11.9. The Morgan fingerprint density at radius 2 is 2.05 bits per heavy atom. The summed E-state index contributed by atoms with van der Waals surface area (Å²) in [7, 11) is 1.56. The average molecular weight is 289 g/mol. The van der Waals surface area contributed by atoms with E-state index in [1.807, 2.05) is 26.0 Å². The molecule has 0 aliphatic carbocycles. The van der Waals surface area contributed by atoms with Gasteiger partial charge in [0.15, 0.2) is 0 Å². The van der Waals surface area contributed by atoms with Crippen LogP contribution in [0.3, 0.4) is 0 Å². The SMILES string of the molecule is CNC(=O)C(CC(C)C)NC(=O)/C=C/c1cccc(N)c1. The molecule has 1 aromatic rings. The Morgan fingerprint density at radius 1 is 1.33 bits per heavy atom. The highest BCUT2D eigenvalue weighted by Crippen LogP contribution is 2.08. The topological polar surface area (TPSA) is 84.2 Å². The number of carbonyl (C=O) groups is 2. The number of rotatable bonds is 6. The highest BCUT2D eigenvalue weighted by atomic mass is 16.2. The molecule has 1 aromatic carbocycles. The van der Waals surface area contributed by atoms with Crippen LogP contribution in [-0.4, -0.2) is 24.9 Å². The fraction of sp³-hybridized carbons (Fsp3) is 0.375. The Labute approximate surface area is 125 Å². The van der Waals surface area contributed by atoms with Gasteiger partial charge in [0, 0.05) is 18.8 Å². The van der Waals surface area contributed by atoms with Gasteiger partial charge in [-0.25, -0.2) is 0 Å². The van der Waals surface area contributed by atoms with Crippen LogP contribution in [0.25, 0.3) is 6.08 Å². The van der Waals surface area contributed by atoms with Crippen LogP contribution in [0.15, 0.2) is 30.3 Å². The van der Waals surface area contributed by atoms with Crippen molar-refractivity contribution in [3.63, 3.8) is 0 Å². The summed E-state index contributed by atoms with van der Waals surface area (Å²) in [6.45, 7) is 4.01. The molecule has 0 heterocycles. The molecule has 4 N–H and O–H groups in total. The van der Waals surface area contributed by atoms with Gasteiger partial charge >= 0.3 is 0 Å². The number of benzene rings is 1. The summed E-state index contributed by atoms with van der Waals surface area (Å²) < 4.78 is 0. The van der Waals surface area contributed by atoms with Crippen molar-refractivity contribution in [1.29, 1.82) is 0 Å². The summed E-state index contributed by atoms with van der Waals surface area (Å²) in [5, 5.41) is 5.28. The van der Waals surface area contributed by atoms with Gasteiger partial charge in [0.2, 0.25) is 11.8 Å². The van der Waals surface area contributed by atoms with Gasteiger partial charge in [-0.3, -0.25) is 9.59 Å². The lowest BCUT2D eigenvalue weighted by Crippen LogP contribution is -2.45. The molecule has 5 heteroatoms. The molecule has 0 aliphatic rings. The van der Waals surface area contributed by atoms with Crippen LogP contribution in [0.4, 0.5) is 5.69 Å². The minimum absolute atomic E-state index is 0.186. The lowest BCUT2D eigenvalue weighted by Gasteiger charge is -2.18. The van der Waals surface area contributed by atoms with Crippen LogP contribution in [0, 0.1) is 5.92 Å². The van der Waals surface area contributed by atoms with E-state index in [1.165, 1.54) is 6.08 Å². The Bertz CT molecular complexity index is 524. The van der Waals surface area contributed by atoms with E-state index in [-0.39, 0.29) is 11.8 Å². The first-order chi connectivity index (χ1) is 9.92. The molecule has 0 saturated carbocycles. The van der Waals surface area contributed by atoms with Crippen LogP contribution in [0.2, 0.25) is 0 Å². The molecule has 114 valence electrons. The first-order valence-electron chi connectivity index (χ1n) is 6.98. The van der Waals surface area contributed by atoms with Crippen LogP contribution >= 0.6 is 0 Å². The molecule has 5 nitrogen and oxygen atoms in total. The van der Waals surface area contributed by atoms with Crippen molar-refractivity contribution < 1.29 is 9.59 Å². The van der Waals surface area contributed by atoms with Crippen molar-refractivity contribution in [1.82, 2.24) is 10.6 Å². The predicted octanol–water partition coefficient (Wildman–Crippen LogP) is 1.56. The second-order valence-corrected chi connectivity index (χ2v) is 5.31. The molecule has 21 heavy (non-hydrogen) atoms. The van der Waals surface area contributed by atoms with E-state index in [4.69, 9.17) is 5.73 Å². The smallest absolute Gasteiger partial charge is 0.244 e. The van der Waals surface area contributed by atoms with Gasteiger partial charge in [0.25, 0.3) is 0 Å². The van der Waals surface area contributed by atoms with E-state index in [0.717, 1.165) is 5.56 Å². The van der Waals surface area contributed by atoms with Gasteiger partial charge in [-0.1, -0.05) is 26.0 Å². The predicted molar refractivity (Wildman–Crippen MR) is 85.3 cm³/mol. The minimum Gasteiger partial charge on any atom is -0.399 e. The van der Waals surface area contributed by atoms with Gasteiger partial charge in [-0.15, -0.1) is 0 Å². The molecule has 1 rings (SSSR count). The Kier molecular flexibility index (Phi) is 6.46. The Hall–Kier alpha value is -2.30. The summed E-state index contributed by atoms with van der Waals surface area (Å²) >= 11 is 0. The van der Waals surface area contributed by atoms with E-state index >= 15 is 0 Å². The Balaban J connectivity index is 2.67. The summed E-state index contributed by atoms with van der Waals surface area (Å²) in [4.78, 5) is 23.6. The highest BCUT2D eigenvalue weighted by molar-refractivity contribution is 5.95. The van der Waals surface area contributed by atoms with E-state index < -0.39 is 6.04 Å². The van der Waals surface area contributed by atoms with Crippen LogP contribution in [-0.2, 0) is 9.59 Å². The van der Waals surface area contributed by atoms with Crippen molar-refractivity contribution in [3.05, 3.63) is 35.9 Å². The molecule has 2 amide bonds. The van der Waals surface area contributed by atoms with Crippen molar-refractivity contribution in [2.75, 3.05) is 12.8 Å². The number of carbonyl (C=O) groups excluding carboxylic acids is 2. The summed E-state index contributed by atoms with van der Waals surface area (Å²) in [6.07, 6.45) is 3.67. The van der Waals surface area contributed by atoms with Gasteiger partial charge < -0.3 is 16.4 Å². The molecule has 0 aromatic heterocycles. The third kappa shape index (κ3) is 6.12. The first kappa shape index (κ1) is 16.8. The lowest BCUT2D eigenvalue weighted by atomic mass is 10.0. The third-order valence-corrected chi connectivity index (χ3v) is 2.92. The molecule has 0 saturated heterocycles. The zero-order valence-corrected chi connectivity index (χ0v) is 12.7. The quantitative estimate of drug-likeness (QED) is 0.549. The second-order valence-electron chi connectivity index (χ2n) is 5.31. The number of hydrogen-bond acceptors (Lipinski definition) is 3. The van der Waals surface area contributed by atoms with Crippen molar-refractivity contribution in [2.45, 2.75) is 26.3 Å². The number of nitrogens with one attached hydrogen (secondary N) is 2. The van der Waals surface area contributed by atoms with Gasteiger partial charge in [0.05, 0.1) is 0 Å². The number of likely N-dealkylation sites (N-methyl/N-ethyl adjacent to an activating group) is 1. The second kappa shape index (κ2) is 8.09. The van der Waals surface area contributed by atoms with Gasteiger partial charge in [-0.2, -0.15) is 0 Å². The highest BCUT2D eigenvalue weighted by Gasteiger charge is 2.19. The average Bonchev–Trinajstić information content (AvgIpc) is 2.43. The normalized spacial score (nSPS) is 12.4. The van der Waals surface area contributed by atoms with E-state index in [9.17, 15) is 9.59 Å². The summed E-state index contributed by atoms with van der Waals surface area (Å²) in [5.41, 5.74) is 7.15. The molecular formula is C16H23N3O2. The fourth-order valence-corrected chi connectivity index (χ4v) is 1.93. The number of nitrogen functional groups attached to an aromatic ring is 1. The van der Waals surface area contributed by atoms with Crippen molar-refractivity contribution in [2.24, 2.45) is 5.92 Å². The molecule has 0 fully saturated rings. The number of anilines is 1. The van der Waals surface area contributed by atoms with E-state index in [2.05, 4.69) is 10.6 Å². The molecule has 0 bridgehead atoms. The number of hydrogen-bond donors (Lipinski definition) is 3. The largest absolute Gasteiger partial charge is 0.399 e. The van der Waals surface area contributed by atoms with Crippen LogP contribution in [0.1, 0.15) is 25.8 Å². The zero-order chi connectivity index (χ0) is 15.8. The van der Waals surface area contributed by atoms with Crippen molar-refractivity contribution >= 4 is 23.6 Å². The fourth-order valence-electron chi connectivity index (χ4n) is 1.93. The van der Waals surface area contributed by atoms with Crippen molar-refractivity contribution in [3.8, 4) is 0 Å². The third-order valence-electron chi connectivity index (χ3n) is 2.92. The Morgan fingerprint density at radius 3 is 2.62 bits per heavy atom. The number of nitrogens with two attached hydrogens (primary N) is 1. The van der Waals surface area contributed by atoms with Gasteiger partial charge in [0.1, 0.15) is 6.04 Å². The molecule has 1 unspecified atom stereocenters. The molecular weight excluding hydrogens is 266 g/mol. The van der Waals surface area contributed by atoms with E-state index in [1.54, 1.807) is 25.3 Å². The summed E-state index contributed by atoms with van der Waals surface area (Å²) in [6, 6.07) is 6.70. The molecule has 1 atom stereocenters. The standard InChI is InChI=1S/C16H23N3O2/c1-11(2)9-14(16(21)18-3)19-15(20)8-7-12-5-4-6-13(17)10-12/h4-8,10-11,14H,9,17H2,1-3H3,(H,18,21)(H,19,20)/b8-7+. The molecule has 0 aliphatic heterocycles. The molecule has 0 radical (unpaired) electrons. The maximum atomic E-state index is 11.9. The maximum Gasteiger partial charge on any atom is 0.244 e. The van der Waals surface area contributed by atoms with E-state index in [0.29, 0.717) is 18.0 Å². The zero-order valence-electron chi connectivity index (χ0n) is 12.7. The number of amides is 2. The molecule has 0 spiro atoms. The minimum atomic E-state index is -0.520. The van der Waals surface area contributed by atoms with Crippen LogP contribution < -0.4 is 16.4 Å². The summed E-state index contributed by atoms with van der Waals surface area (Å²) in [5.74, 6) is -0.174. The van der Waals surface area contributed by atoms with Gasteiger partial charge in [-0.05, 0) is 36.1 Å².